The van der Waals surface area contributed by atoms with Crippen molar-refractivity contribution in [2.75, 3.05) is 19.5 Å². The van der Waals surface area contributed by atoms with Crippen LogP contribution < -0.4 is 14.8 Å². The van der Waals surface area contributed by atoms with Gasteiger partial charge in [0.2, 0.25) is 0 Å². The van der Waals surface area contributed by atoms with Crippen LogP contribution in [0.2, 0.25) is 0 Å². The van der Waals surface area contributed by atoms with Crippen molar-refractivity contribution in [2.24, 2.45) is 0 Å². The van der Waals surface area contributed by atoms with Crippen LogP contribution in [-0.4, -0.2) is 19.2 Å². The third-order valence-electron chi connectivity index (χ3n) is 3.00. The maximum Gasteiger partial charge on any atom is 0.188 e. The van der Waals surface area contributed by atoms with Gasteiger partial charge in [-0.2, -0.15) is 0 Å². The van der Waals surface area contributed by atoms with E-state index in [4.69, 9.17) is 9.47 Å². The molecule has 1 aromatic heterocycles. The Kier molecular flexibility index (Phi) is 3.62. The molecule has 0 fully saturated rings. The summed E-state index contributed by atoms with van der Waals surface area (Å²) >= 11 is 1.41. The molecule has 0 aliphatic rings. The summed E-state index contributed by atoms with van der Waals surface area (Å²) in [5.74, 6) is 1.00. The summed E-state index contributed by atoms with van der Waals surface area (Å²) in [6, 6.07) is 10.1. The molecule has 0 spiro atoms. The highest BCUT2D eigenvalue weighted by Crippen LogP contribution is 2.37. The molecule has 1 N–H and O–H groups in total. The van der Waals surface area contributed by atoms with Gasteiger partial charge in [-0.3, -0.25) is 0 Å². The fraction of sp³-hybridized carbons (Fsp3) is 0.133. The predicted octanol–water partition coefficient (Wildman–Crippen LogP) is 4.20. The summed E-state index contributed by atoms with van der Waals surface area (Å²) < 4.78 is 25.1. The summed E-state index contributed by atoms with van der Waals surface area (Å²) in [4.78, 5) is 4.46. The number of nitrogens with one attached hydrogen (secondary N) is 1. The van der Waals surface area contributed by atoms with Gasteiger partial charge in [-0.15, -0.1) is 0 Å². The fourth-order valence-electron chi connectivity index (χ4n) is 1.98. The van der Waals surface area contributed by atoms with E-state index < -0.39 is 0 Å². The maximum absolute atomic E-state index is 13.7. The summed E-state index contributed by atoms with van der Waals surface area (Å²) in [6.07, 6.45) is 0. The second kappa shape index (κ2) is 5.57. The summed E-state index contributed by atoms with van der Waals surface area (Å²) in [5, 5.41) is 3.59. The van der Waals surface area contributed by atoms with Gasteiger partial charge in [0.25, 0.3) is 0 Å². The average Bonchev–Trinajstić information content (AvgIpc) is 2.90. The molecule has 0 atom stereocenters. The number of para-hydroxylation sites is 1. The van der Waals surface area contributed by atoms with Crippen LogP contribution in [0.5, 0.6) is 11.5 Å². The highest BCUT2D eigenvalue weighted by atomic mass is 32.1. The first-order chi connectivity index (χ1) is 10.2. The molecular weight excluding hydrogens is 291 g/mol. The summed E-state index contributed by atoms with van der Waals surface area (Å²) in [6.45, 7) is 0. The number of methoxy groups -OCH3 is 2. The van der Waals surface area contributed by atoms with E-state index in [-0.39, 0.29) is 5.82 Å². The molecule has 0 aliphatic heterocycles. The second-order valence-corrected chi connectivity index (χ2v) is 5.33. The van der Waals surface area contributed by atoms with Gasteiger partial charge < -0.3 is 14.8 Å². The molecule has 0 saturated carbocycles. The number of hydrogen-bond donors (Lipinski definition) is 1. The van der Waals surface area contributed by atoms with Gasteiger partial charge >= 0.3 is 0 Å². The number of rotatable bonds is 4. The topological polar surface area (TPSA) is 43.4 Å². The minimum Gasteiger partial charge on any atom is -0.497 e. The lowest BCUT2D eigenvalue weighted by Gasteiger charge is -2.04. The SMILES string of the molecule is COc1cc(OC)c2nc(Nc3ccccc3F)sc2c1. The van der Waals surface area contributed by atoms with Gasteiger partial charge in [-0.25, -0.2) is 9.37 Å². The molecule has 0 aliphatic carbocycles. The van der Waals surface area contributed by atoms with E-state index in [0.717, 1.165) is 10.2 Å². The van der Waals surface area contributed by atoms with Crippen molar-refractivity contribution in [3.05, 3.63) is 42.2 Å². The van der Waals surface area contributed by atoms with E-state index in [1.165, 1.54) is 17.4 Å². The third-order valence-corrected chi connectivity index (χ3v) is 3.92. The molecule has 3 aromatic rings. The first-order valence-corrected chi connectivity index (χ1v) is 7.07. The molecule has 1 heterocycles. The summed E-state index contributed by atoms with van der Waals surface area (Å²) in [7, 11) is 3.18. The van der Waals surface area contributed by atoms with Crippen molar-refractivity contribution in [1.82, 2.24) is 4.98 Å². The van der Waals surface area contributed by atoms with Crippen molar-refractivity contribution in [2.45, 2.75) is 0 Å². The predicted molar refractivity (Wildman–Crippen MR) is 82.4 cm³/mol. The van der Waals surface area contributed by atoms with E-state index in [9.17, 15) is 4.39 Å². The first-order valence-electron chi connectivity index (χ1n) is 6.25. The fourth-order valence-corrected chi connectivity index (χ4v) is 2.90. The number of aromatic nitrogens is 1. The van der Waals surface area contributed by atoms with E-state index in [0.29, 0.717) is 22.3 Å². The van der Waals surface area contributed by atoms with Crippen LogP contribution in [-0.2, 0) is 0 Å². The quantitative estimate of drug-likeness (QED) is 0.784. The lowest BCUT2D eigenvalue weighted by atomic mass is 10.3. The van der Waals surface area contributed by atoms with Crippen LogP contribution in [0.3, 0.4) is 0 Å². The smallest absolute Gasteiger partial charge is 0.188 e. The van der Waals surface area contributed by atoms with Gasteiger partial charge in [0.05, 0.1) is 24.6 Å². The molecule has 0 amide bonds. The third kappa shape index (κ3) is 2.62. The highest BCUT2D eigenvalue weighted by Gasteiger charge is 2.12. The molecule has 6 heteroatoms. The number of anilines is 2. The Balaban J connectivity index is 2.03. The molecule has 108 valence electrons. The van der Waals surface area contributed by atoms with Crippen molar-refractivity contribution in [1.29, 1.82) is 0 Å². The van der Waals surface area contributed by atoms with Crippen molar-refractivity contribution >= 4 is 32.4 Å². The van der Waals surface area contributed by atoms with E-state index in [1.807, 2.05) is 6.07 Å². The van der Waals surface area contributed by atoms with Crippen LogP contribution in [0.25, 0.3) is 10.2 Å². The average molecular weight is 304 g/mol. The molecular formula is C15H13FN2O2S. The lowest BCUT2D eigenvalue weighted by molar-refractivity contribution is 0.397. The Morgan fingerprint density at radius 3 is 2.67 bits per heavy atom. The Labute approximate surface area is 125 Å². The second-order valence-electron chi connectivity index (χ2n) is 4.30. The number of hydrogen-bond acceptors (Lipinski definition) is 5. The zero-order chi connectivity index (χ0) is 14.8. The number of benzene rings is 2. The Bertz CT molecular complexity index is 788. The Hall–Kier alpha value is -2.34. The van der Waals surface area contributed by atoms with E-state index >= 15 is 0 Å². The normalized spacial score (nSPS) is 10.6. The molecule has 0 bridgehead atoms. The minimum absolute atomic E-state index is 0.318. The highest BCUT2D eigenvalue weighted by molar-refractivity contribution is 7.22. The lowest BCUT2D eigenvalue weighted by Crippen LogP contribution is -1.92. The number of ether oxygens (including phenoxy) is 2. The first kappa shape index (κ1) is 13.6. The van der Waals surface area contributed by atoms with Gasteiger partial charge in [-0.05, 0) is 18.2 Å². The van der Waals surface area contributed by atoms with Gasteiger partial charge in [-0.1, -0.05) is 23.5 Å². The number of fused-ring (bicyclic) bond motifs is 1. The van der Waals surface area contributed by atoms with Crippen LogP contribution >= 0.6 is 11.3 Å². The Morgan fingerprint density at radius 2 is 1.95 bits per heavy atom. The van der Waals surface area contributed by atoms with E-state index in [1.54, 1.807) is 38.5 Å². The molecule has 0 saturated heterocycles. The van der Waals surface area contributed by atoms with Crippen LogP contribution in [0.1, 0.15) is 0 Å². The minimum atomic E-state index is -0.318. The number of thiazole rings is 1. The number of halogens is 1. The summed E-state index contributed by atoms with van der Waals surface area (Å²) in [5.41, 5.74) is 1.12. The molecule has 0 radical (unpaired) electrons. The zero-order valence-corrected chi connectivity index (χ0v) is 12.3. The maximum atomic E-state index is 13.7. The van der Waals surface area contributed by atoms with E-state index in [2.05, 4.69) is 10.3 Å². The van der Waals surface area contributed by atoms with Crippen LogP contribution in [0, 0.1) is 5.82 Å². The standard InChI is InChI=1S/C15H13FN2O2S/c1-19-9-7-12(20-2)14-13(8-9)21-15(18-14)17-11-6-4-3-5-10(11)16/h3-8H,1-2H3,(H,17,18). The molecule has 4 nitrogen and oxygen atoms in total. The van der Waals surface area contributed by atoms with Crippen LogP contribution in [0.4, 0.5) is 15.2 Å². The van der Waals surface area contributed by atoms with Crippen molar-refractivity contribution < 1.29 is 13.9 Å². The molecule has 0 unspecified atom stereocenters. The van der Waals surface area contributed by atoms with Gasteiger partial charge in [0, 0.05) is 6.07 Å². The van der Waals surface area contributed by atoms with Gasteiger partial charge in [0.15, 0.2) is 5.13 Å². The van der Waals surface area contributed by atoms with Crippen LogP contribution in [0.15, 0.2) is 36.4 Å². The largest absolute Gasteiger partial charge is 0.497 e. The van der Waals surface area contributed by atoms with Crippen molar-refractivity contribution in [3.8, 4) is 11.5 Å². The number of nitrogens with zero attached hydrogens (tertiary/aromatic N) is 1. The van der Waals surface area contributed by atoms with Crippen molar-refractivity contribution in [3.63, 3.8) is 0 Å². The monoisotopic (exact) mass is 304 g/mol. The van der Waals surface area contributed by atoms with Gasteiger partial charge in [0.1, 0.15) is 22.8 Å². The molecule has 21 heavy (non-hydrogen) atoms. The molecule has 2 aromatic carbocycles. The zero-order valence-electron chi connectivity index (χ0n) is 11.5. The molecule has 3 rings (SSSR count). The Morgan fingerprint density at radius 1 is 1.14 bits per heavy atom.